The molecule has 6 nitrogen and oxygen atoms in total. The predicted octanol–water partition coefficient (Wildman–Crippen LogP) is 3.73. The lowest BCUT2D eigenvalue weighted by Crippen LogP contribution is -2.46. The number of carbonyl (C=O) groups excluding carboxylic acids is 1. The Morgan fingerprint density at radius 1 is 1.33 bits per heavy atom. The highest BCUT2D eigenvalue weighted by Gasteiger charge is 2.32. The van der Waals surface area contributed by atoms with Gasteiger partial charge < -0.3 is 4.74 Å². The number of halogens is 2. The van der Waals surface area contributed by atoms with E-state index in [1.165, 1.54) is 12.7 Å². The highest BCUT2D eigenvalue weighted by molar-refractivity contribution is 7.71. The normalized spacial score (nSPS) is 17.1. The number of hydrogen-bond acceptors (Lipinski definition) is 5. The van der Waals surface area contributed by atoms with Crippen LogP contribution in [0.5, 0.6) is 0 Å². The zero-order valence-corrected chi connectivity index (χ0v) is 16.8. The molecule has 0 radical (unpaired) electrons. The zero-order chi connectivity index (χ0) is 19.1. The molecule has 0 amide bonds. The third-order valence-electron chi connectivity index (χ3n) is 4.74. The van der Waals surface area contributed by atoms with E-state index in [1.54, 1.807) is 21.3 Å². The van der Waals surface area contributed by atoms with E-state index in [-0.39, 0.29) is 5.97 Å². The fraction of sp³-hybridized carbons (Fsp3) is 0.278. The average molecular weight is 423 g/mol. The van der Waals surface area contributed by atoms with E-state index in [2.05, 4.69) is 11.2 Å². The highest BCUT2D eigenvalue weighted by atomic mass is 35.5. The minimum atomic E-state index is -0.407. The Hall–Kier alpha value is -1.93. The molecular formula is C18H16Cl2N4O2S. The smallest absolute Gasteiger partial charge is 0.323 e. The van der Waals surface area contributed by atoms with E-state index >= 15 is 0 Å². The van der Waals surface area contributed by atoms with E-state index in [1.807, 2.05) is 23.1 Å². The van der Waals surface area contributed by atoms with Gasteiger partial charge in [0.2, 0.25) is 4.77 Å². The van der Waals surface area contributed by atoms with Crippen LogP contribution in [0.15, 0.2) is 36.5 Å². The summed E-state index contributed by atoms with van der Waals surface area (Å²) in [7, 11) is 1.40. The Balaban J connectivity index is 1.73. The monoisotopic (exact) mass is 422 g/mol. The molecular weight excluding hydrogens is 407 g/mol. The van der Waals surface area contributed by atoms with Gasteiger partial charge in [-0.15, -0.1) is 5.10 Å². The lowest BCUT2D eigenvalue weighted by atomic mass is 9.94. The van der Waals surface area contributed by atoms with Crippen LogP contribution in [0.3, 0.4) is 0 Å². The van der Waals surface area contributed by atoms with Crippen LogP contribution in [-0.2, 0) is 29.2 Å². The van der Waals surface area contributed by atoms with Crippen LogP contribution in [0.2, 0.25) is 10.0 Å². The molecule has 1 aromatic carbocycles. The van der Waals surface area contributed by atoms with Gasteiger partial charge in [-0.25, -0.2) is 4.68 Å². The average Bonchev–Trinajstić information content (AvgIpc) is 2.97. The molecule has 0 spiro atoms. The second-order valence-electron chi connectivity index (χ2n) is 6.38. The molecule has 1 atom stereocenters. The summed E-state index contributed by atoms with van der Waals surface area (Å²) in [4.78, 5) is 14.4. The number of nitrogens with zero attached hydrogens (tertiary/aromatic N) is 4. The summed E-state index contributed by atoms with van der Waals surface area (Å²) in [6.07, 6.45) is 2.26. The Morgan fingerprint density at radius 3 is 2.81 bits per heavy atom. The van der Waals surface area contributed by atoms with Crippen LogP contribution in [0, 0.1) is 4.77 Å². The van der Waals surface area contributed by atoms with Crippen LogP contribution in [-0.4, -0.2) is 38.2 Å². The maximum atomic E-state index is 12.4. The third-order valence-corrected chi connectivity index (χ3v) is 5.63. The van der Waals surface area contributed by atoms with Crippen molar-refractivity contribution >= 4 is 47.0 Å². The van der Waals surface area contributed by atoms with Crippen LogP contribution in [0.25, 0.3) is 5.65 Å². The van der Waals surface area contributed by atoms with Gasteiger partial charge in [-0.1, -0.05) is 47.5 Å². The van der Waals surface area contributed by atoms with Crippen molar-refractivity contribution in [2.24, 2.45) is 0 Å². The molecule has 0 N–H and O–H groups in total. The van der Waals surface area contributed by atoms with Gasteiger partial charge in [0.1, 0.15) is 6.04 Å². The number of methoxy groups -OCH3 is 1. The van der Waals surface area contributed by atoms with Gasteiger partial charge in [0.05, 0.1) is 23.8 Å². The number of benzene rings is 1. The van der Waals surface area contributed by atoms with Crippen molar-refractivity contribution in [2.45, 2.75) is 25.7 Å². The van der Waals surface area contributed by atoms with Gasteiger partial charge >= 0.3 is 5.97 Å². The van der Waals surface area contributed by atoms with Crippen LogP contribution in [0.4, 0.5) is 0 Å². The molecule has 1 aliphatic rings. The first kappa shape index (κ1) is 18.4. The van der Waals surface area contributed by atoms with Crippen LogP contribution >= 0.6 is 35.4 Å². The molecule has 3 aromatic rings. The van der Waals surface area contributed by atoms with Crippen molar-refractivity contribution in [1.82, 2.24) is 19.1 Å². The first-order valence-corrected chi connectivity index (χ1v) is 9.47. The molecule has 0 saturated carbocycles. The number of pyridine rings is 1. The summed E-state index contributed by atoms with van der Waals surface area (Å²) < 4.78 is 8.79. The number of aromatic nitrogens is 3. The molecule has 140 valence electrons. The van der Waals surface area contributed by atoms with Gasteiger partial charge in [0.25, 0.3) is 0 Å². The quantitative estimate of drug-likeness (QED) is 0.475. The summed E-state index contributed by atoms with van der Waals surface area (Å²) in [5.41, 5.74) is 2.85. The molecule has 0 saturated heterocycles. The maximum absolute atomic E-state index is 12.4. The second-order valence-corrected chi connectivity index (χ2v) is 7.59. The number of esters is 1. The molecule has 1 aliphatic heterocycles. The molecule has 0 bridgehead atoms. The first-order chi connectivity index (χ1) is 13.0. The lowest BCUT2D eigenvalue weighted by molar-refractivity contribution is -0.148. The molecule has 2 aromatic heterocycles. The fourth-order valence-corrected chi connectivity index (χ4v) is 4.15. The van der Waals surface area contributed by atoms with Crippen molar-refractivity contribution in [2.75, 3.05) is 7.11 Å². The van der Waals surface area contributed by atoms with Gasteiger partial charge in [-0.3, -0.25) is 14.1 Å². The fourth-order valence-electron chi connectivity index (χ4n) is 3.40. The summed E-state index contributed by atoms with van der Waals surface area (Å²) in [6, 6.07) is 9.30. The number of rotatable bonds is 3. The molecule has 27 heavy (non-hydrogen) atoms. The molecule has 0 aliphatic carbocycles. The van der Waals surface area contributed by atoms with Gasteiger partial charge in [-0.2, -0.15) is 0 Å². The topological polar surface area (TPSA) is 51.8 Å². The summed E-state index contributed by atoms with van der Waals surface area (Å²) >= 11 is 17.8. The van der Waals surface area contributed by atoms with Crippen molar-refractivity contribution in [3.05, 3.63) is 62.5 Å². The number of carbonyl (C=O) groups is 1. The van der Waals surface area contributed by atoms with Crippen molar-refractivity contribution in [3.8, 4) is 0 Å². The summed E-state index contributed by atoms with van der Waals surface area (Å²) in [5, 5.41) is 5.41. The molecule has 3 heterocycles. The van der Waals surface area contributed by atoms with E-state index < -0.39 is 6.04 Å². The molecule has 4 rings (SSSR count). The lowest BCUT2D eigenvalue weighted by Gasteiger charge is -2.34. The minimum Gasteiger partial charge on any atom is -0.468 e. The molecule has 0 fully saturated rings. The summed E-state index contributed by atoms with van der Waals surface area (Å²) in [6.45, 7) is 0.933. The standard InChI is InChI=1S/C18H16Cl2N4O2S/c1-26-17(25)15-6-11-4-2-3-5-12(11)8-22(15)10-24-18(27)23-9-13(19)7-14(20)16(23)21-24/h2-5,7,9,15H,6,8,10H2,1H3/t15-/m0/s1. The van der Waals surface area contributed by atoms with Crippen molar-refractivity contribution < 1.29 is 9.53 Å². The van der Waals surface area contributed by atoms with E-state index in [0.29, 0.717) is 40.1 Å². The van der Waals surface area contributed by atoms with Gasteiger partial charge in [0, 0.05) is 12.7 Å². The number of ether oxygens (including phenoxy) is 1. The predicted molar refractivity (Wildman–Crippen MR) is 106 cm³/mol. The SMILES string of the molecule is COC(=O)[C@@H]1Cc2ccccc2CN1Cn1nc2c(Cl)cc(Cl)cn2c1=S. The Kier molecular flexibility index (Phi) is 4.94. The Morgan fingerprint density at radius 2 is 2.07 bits per heavy atom. The van der Waals surface area contributed by atoms with Crippen LogP contribution < -0.4 is 0 Å². The Labute approximate surface area is 170 Å². The van der Waals surface area contributed by atoms with Crippen LogP contribution in [0.1, 0.15) is 11.1 Å². The van der Waals surface area contributed by atoms with Gasteiger partial charge in [0.15, 0.2) is 5.65 Å². The van der Waals surface area contributed by atoms with Crippen molar-refractivity contribution in [3.63, 3.8) is 0 Å². The van der Waals surface area contributed by atoms with Gasteiger partial charge in [-0.05, 0) is 35.8 Å². The second kappa shape index (κ2) is 7.24. The van der Waals surface area contributed by atoms with E-state index in [0.717, 1.165) is 5.56 Å². The zero-order valence-electron chi connectivity index (χ0n) is 14.4. The summed E-state index contributed by atoms with van der Waals surface area (Å²) in [5.74, 6) is -0.277. The Bertz CT molecular complexity index is 1090. The van der Waals surface area contributed by atoms with E-state index in [9.17, 15) is 4.79 Å². The highest BCUT2D eigenvalue weighted by Crippen LogP contribution is 2.26. The largest absolute Gasteiger partial charge is 0.468 e. The third kappa shape index (κ3) is 3.36. The molecule has 0 unspecified atom stereocenters. The van der Waals surface area contributed by atoms with E-state index in [4.69, 9.17) is 40.2 Å². The molecule has 9 heteroatoms. The minimum absolute atomic E-state index is 0.277. The maximum Gasteiger partial charge on any atom is 0.323 e. The number of hydrogen-bond donors (Lipinski definition) is 0. The van der Waals surface area contributed by atoms with Crippen molar-refractivity contribution in [1.29, 1.82) is 0 Å². The number of fused-ring (bicyclic) bond motifs is 2. The first-order valence-electron chi connectivity index (χ1n) is 8.31.